The quantitative estimate of drug-likeness (QED) is 0.202. The molecule has 1 saturated carbocycles. The lowest BCUT2D eigenvalue weighted by Gasteiger charge is -2.23. The number of aliphatic imine (C=N–C) groups is 1. The SMILES string of the molecule is COc1cc(C=Nc2sc3c(c2C(=O)NC2CCCCC2)CCCC3)cc(I)c1OCc1ccc(C#N)cc1. The molecular formula is C31H32IN3O3S. The highest BCUT2D eigenvalue weighted by molar-refractivity contribution is 14.1. The maximum Gasteiger partial charge on any atom is 0.254 e. The van der Waals surface area contributed by atoms with E-state index in [1.165, 1.54) is 36.1 Å². The summed E-state index contributed by atoms with van der Waals surface area (Å²) < 4.78 is 12.7. The Labute approximate surface area is 247 Å². The minimum absolute atomic E-state index is 0.0344. The molecule has 1 amide bonds. The maximum absolute atomic E-state index is 13.5. The van der Waals surface area contributed by atoms with Crippen LogP contribution in [0.25, 0.3) is 0 Å². The molecule has 1 heterocycles. The molecule has 2 aromatic carbocycles. The van der Waals surface area contributed by atoms with Gasteiger partial charge in [0, 0.05) is 17.1 Å². The Bertz CT molecular complexity index is 1400. The lowest BCUT2D eigenvalue weighted by atomic mass is 9.93. The molecule has 0 atom stereocenters. The van der Waals surface area contributed by atoms with Gasteiger partial charge in [0.15, 0.2) is 11.5 Å². The molecule has 3 aromatic rings. The molecule has 2 aliphatic carbocycles. The molecule has 8 heteroatoms. The number of nitrogens with zero attached hydrogens (tertiary/aromatic N) is 2. The number of ether oxygens (including phenoxy) is 2. The van der Waals surface area contributed by atoms with Crippen molar-refractivity contribution in [1.29, 1.82) is 5.26 Å². The van der Waals surface area contributed by atoms with Crippen LogP contribution in [-0.4, -0.2) is 25.3 Å². The highest BCUT2D eigenvalue weighted by Crippen LogP contribution is 2.40. The molecule has 0 bridgehead atoms. The van der Waals surface area contributed by atoms with Gasteiger partial charge in [0.2, 0.25) is 0 Å². The number of methoxy groups -OCH3 is 1. The van der Waals surface area contributed by atoms with Gasteiger partial charge in [-0.15, -0.1) is 11.3 Å². The summed E-state index contributed by atoms with van der Waals surface area (Å²) in [6.45, 7) is 0.367. The van der Waals surface area contributed by atoms with Gasteiger partial charge in [-0.2, -0.15) is 5.26 Å². The van der Waals surface area contributed by atoms with Crippen molar-refractivity contribution in [2.45, 2.75) is 70.4 Å². The molecule has 0 saturated heterocycles. The summed E-state index contributed by atoms with van der Waals surface area (Å²) in [4.78, 5) is 19.6. The lowest BCUT2D eigenvalue weighted by Crippen LogP contribution is -2.36. The average Bonchev–Trinajstić information content (AvgIpc) is 3.34. The molecule has 2 aliphatic rings. The van der Waals surface area contributed by atoms with E-state index in [0.29, 0.717) is 23.7 Å². The first-order chi connectivity index (χ1) is 19.1. The molecular weight excluding hydrogens is 621 g/mol. The van der Waals surface area contributed by atoms with Gasteiger partial charge in [-0.25, -0.2) is 4.99 Å². The van der Waals surface area contributed by atoms with Crippen LogP contribution in [0, 0.1) is 14.9 Å². The molecule has 0 aliphatic heterocycles. The molecule has 39 heavy (non-hydrogen) atoms. The number of fused-ring (bicyclic) bond motifs is 1. The molecule has 1 fully saturated rings. The molecule has 1 aromatic heterocycles. The number of amides is 1. The molecule has 5 rings (SSSR count). The van der Waals surface area contributed by atoms with E-state index in [-0.39, 0.29) is 11.9 Å². The number of nitrogens with one attached hydrogen (secondary N) is 1. The van der Waals surface area contributed by atoms with Crippen molar-refractivity contribution in [2.75, 3.05) is 7.11 Å². The number of hydrogen-bond donors (Lipinski definition) is 1. The Hall–Kier alpha value is -2.90. The number of carbonyl (C=O) groups excluding carboxylic acids is 1. The smallest absolute Gasteiger partial charge is 0.254 e. The number of carbonyl (C=O) groups is 1. The van der Waals surface area contributed by atoms with Crippen LogP contribution in [-0.2, 0) is 19.4 Å². The fourth-order valence-electron chi connectivity index (χ4n) is 5.30. The number of nitriles is 1. The number of benzene rings is 2. The largest absolute Gasteiger partial charge is 0.493 e. The Morgan fingerprint density at radius 3 is 2.67 bits per heavy atom. The lowest BCUT2D eigenvalue weighted by molar-refractivity contribution is 0.0927. The third-order valence-corrected chi connectivity index (χ3v) is 9.37. The van der Waals surface area contributed by atoms with E-state index in [2.05, 4.69) is 34.0 Å². The zero-order valence-corrected chi connectivity index (χ0v) is 25.1. The Balaban J connectivity index is 1.36. The van der Waals surface area contributed by atoms with Gasteiger partial charge >= 0.3 is 0 Å². The van der Waals surface area contributed by atoms with Crippen molar-refractivity contribution in [3.63, 3.8) is 0 Å². The van der Waals surface area contributed by atoms with Crippen molar-refractivity contribution in [3.8, 4) is 17.6 Å². The first kappa shape index (κ1) is 27.7. The highest BCUT2D eigenvalue weighted by atomic mass is 127. The van der Waals surface area contributed by atoms with Gasteiger partial charge in [0.25, 0.3) is 5.91 Å². The standard InChI is InChI=1S/C31H32IN3O3S/c1-37-26-16-22(15-25(32)29(26)38-19-21-13-11-20(17-33)12-14-21)18-34-31-28(24-9-5-6-10-27(24)39-31)30(36)35-23-7-3-2-4-8-23/h11-16,18,23H,2-10,19H2,1H3,(H,35,36). The normalized spacial score (nSPS) is 15.5. The van der Waals surface area contributed by atoms with Crippen LogP contribution in [0.1, 0.15) is 82.4 Å². The first-order valence-electron chi connectivity index (χ1n) is 13.5. The van der Waals surface area contributed by atoms with Gasteiger partial charge < -0.3 is 14.8 Å². The summed E-state index contributed by atoms with van der Waals surface area (Å²) in [5.74, 6) is 1.32. The van der Waals surface area contributed by atoms with E-state index in [0.717, 1.165) is 57.4 Å². The summed E-state index contributed by atoms with van der Waals surface area (Å²) in [6, 6.07) is 13.7. The number of halogens is 1. The summed E-state index contributed by atoms with van der Waals surface area (Å²) in [5, 5.41) is 13.1. The molecule has 1 N–H and O–H groups in total. The number of rotatable bonds is 8. The van der Waals surface area contributed by atoms with E-state index in [1.54, 1.807) is 30.6 Å². The zero-order valence-electron chi connectivity index (χ0n) is 22.1. The number of hydrogen-bond acceptors (Lipinski definition) is 6. The van der Waals surface area contributed by atoms with Crippen LogP contribution < -0.4 is 14.8 Å². The van der Waals surface area contributed by atoms with Gasteiger partial charge in [-0.05, 0) is 102 Å². The van der Waals surface area contributed by atoms with Gasteiger partial charge in [-0.1, -0.05) is 31.4 Å². The summed E-state index contributed by atoms with van der Waals surface area (Å²) in [7, 11) is 1.63. The van der Waals surface area contributed by atoms with Gasteiger partial charge in [0.1, 0.15) is 11.6 Å². The zero-order chi connectivity index (χ0) is 27.2. The van der Waals surface area contributed by atoms with E-state index < -0.39 is 0 Å². The summed E-state index contributed by atoms with van der Waals surface area (Å²) in [5.41, 5.74) is 4.45. The van der Waals surface area contributed by atoms with Crippen molar-refractivity contribution >= 4 is 51.1 Å². The minimum Gasteiger partial charge on any atom is -0.493 e. The van der Waals surface area contributed by atoms with Gasteiger partial charge in [-0.3, -0.25) is 4.79 Å². The van der Waals surface area contributed by atoms with Gasteiger partial charge in [0.05, 0.1) is 27.9 Å². The fourth-order valence-corrected chi connectivity index (χ4v) is 7.31. The van der Waals surface area contributed by atoms with Crippen LogP contribution in [0.4, 0.5) is 5.00 Å². The monoisotopic (exact) mass is 653 g/mol. The Morgan fingerprint density at radius 2 is 1.92 bits per heavy atom. The summed E-state index contributed by atoms with van der Waals surface area (Å²) in [6.07, 6.45) is 11.8. The van der Waals surface area contributed by atoms with Crippen molar-refractivity contribution in [2.24, 2.45) is 4.99 Å². The Kier molecular flexibility index (Phi) is 9.20. The molecule has 0 radical (unpaired) electrons. The van der Waals surface area contributed by atoms with E-state index >= 15 is 0 Å². The highest BCUT2D eigenvalue weighted by Gasteiger charge is 2.27. The number of thiophene rings is 1. The average molecular weight is 654 g/mol. The second-order valence-electron chi connectivity index (χ2n) is 10.1. The second-order valence-corrected chi connectivity index (χ2v) is 12.3. The van der Waals surface area contributed by atoms with Crippen molar-refractivity contribution in [3.05, 3.63) is 72.7 Å². The van der Waals surface area contributed by atoms with Crippen LogP contribution in [0.15, 0.2) is 41.4 Å². The molecule has 0 unspecified atom stereocenters. The van der Waals surface area contributed by atoms with E-state index in [4.69, 9.17) is 19.7 Å². The third kappa shape index (κ3) is 6.64. The van der Waals surface area contributed by atoms with Crippen LogP contribution in [0.2, 0.25) is 0 Å². The molecule has 6 nitrogen and oxygen atoms in total. The minimum atomic E-state index is 0.0344. The maximum atomic E-state index is 13.5. The predicted octanol–water partition coefficient (Wildman–Crippen LogP) is 7.50. The van der Waals surface area contributed by atoms with Crippen molar-refractivity contribution in [1.82, 2.24) is 5.32 Å². The van der Waals surface area contributed by atoms with E-state index in [9.17, 15) is 4.79 Å². The first-order valence-corrected chi connectivity index (χ1v) is 15.4. The predicted molar refractivity (Wildman–Crippen MR) is 164 cm³/mol. The molecule has 0 spiro atoms. The number of aryl methyl sites for hydroxylation is 1. The van der Waals surface area contributed by atoms with Crippen molar-refractivity contribution < 1.29 is 14.3 Å². The third-order valence-electron chi connectivity index (χ3n) is 7.37. The Morgan fingerprint density at radius 1 is 1.15 bits per heavy atom. The topological polar surface area (TPSA) is 83.7 Å². The molecule has 202 valence electrons. The van der Waals surface area contributed by atoms with Crippen LogP contribution >= 0.6 is 33.9 Å². The van der Waals surface area contributed by atoms with Crippen LogP contribution in [0.3, 0.4) is 0 Å². The summed E-state index contributed by atoms with van der Waals surface area (Å²) >= 11 is 3.91. The van der Waals surface area contributed by atoms with Crippen LogP contribution in [0.5, 0.6) is 11.5 Å². The second kappa shape index (κ2) is 13.0. The van der Waals surface area contributed by atoms with E-state index in [1.807, 2.05) is 30.5 Å². The fraction of sp³-hybridized carbons (Fsp3) is 0.387.